The van der Waals surface area contributed by atoms with E-state index in [0.29, 0.717) is 0 Å². The van der Waals surface area contributed by atoms with Crippen molar-refractivity contribution in [2.24, 2.45) is 0 Å². The van der Waals surface area contributed by atoms with Crippen LogP contribution in [0.4, 0.5) is 13.2 Å². The average Bonchev–Trinajstić information content (AvgIpc) is 1.78. The normalized spacial score (nSPS) is 38.5. The Morgan fingerprint density at radius 1 is 1.45 bits per heavy atom. The topological polar surface area (TPSA) is 32.3 Å². The molecular formula is C6H10F3NO. The Hall–Kier alpha value is -0.290. The van der Waals surface area contributed by atoms with Crippen LogP contribution >= 0.6 is 0 Å². The number of hydrogen-bond donors (Lipinski definition) is 2. The Morgan fingerprint density at radius 2 is 1.91 bits per heavy atom. The summed E-state index contributed by atoms with van der Waals surface area (Å²) in [6.45, 7) is 0. The third kappa shape index (κ3) is 1.35. The van der Waals surface area contributed by atoms with Gasteiger partial charge in [0.1, 0.15) is 0 Å². The number of hydrogen-bond acceptors (Lipinski definition) is 2. The molecular weight excluding hydrogens is 159 g/mol. The molecule has 0 aromatic carbocycles. The molecule has 1 aliphatic rings. The monoisotopic (exact) mass is 169 g/mol. The van der Waals surface area contributed by atoms with Gasteiger partial charge >= 0.3 is 6.18 Å². The van der Waals surface area contributed by atoms with Crippen LogP contribution in [0.5, 0.6) is 0 Å². The first-order valence-corrected chi connectivity index (χ1v) is 3.35. The Labute approximate surface area is 62.4 Å². The molecule has 5 heteroatoms. The van der Waals surface area contributed by atoms with E-state index in [2.05, 4.69) is 5.32 Å². The highest BCUT2D eigenvalue weighted by Gasteiger charge is 2.60. The van der Waals surface area contributed by atoms with Crippen molar-refractivity contribution >= 4 is 0 Å². The molecule has 1 aliphatic carbocycles. The number of aliphatic hydroxyl groups is 1. The largest absolute Gasteiger partial charge is 0.417 e. The van der Waals surface area contributed by atoms with Crippen LogP contribution in [0.1, 0.15) is 12.8 Å². The maximum Gasteiger partial charge on any atom is 0.417 e. The second-order valence-corrected chi connectivity index (χ2v) is 2.92. The van der Waals surface area contributed by atoms with E-state index < -0.39 is 11.8 Å². The van der Waals surface area contributed by atoms with Crippen LogP contribution in [-0.2, 0) is 0 Å². The van der Waals surface area contributed by atoms with Gasteiger partial charge in [-0.1, -0.05) is 0 Å². The Morgan fingerprint density at radius 3 is 2.18 bits per heavy atom. The van der Waals surface area contributed by atoms with Gasteiger partial charge in [-0.3, -0.25) is 0 Å². The first-order chi connectivity index (χ1) is 4.89. The highest BCUT2D eigenvalue weighted by atomic mass is 19.4. The molecule has 2 N–H and O–H groups in total. The third-order valence-corrected chi connectivity index (χ3v) is 2.10. The molecule has 2 nitrogen and oxygen atoms in total. The van der Waals surface area contributed by atoms with Crippen molar-refractivity contribution in [1.29, 1.82) is 0 Å². The van der Waals surface area contributed by atoms with Crippen LogP contribution in [0.25, 0.3) is 0 Å². The third-order valence-electron chi connectivity index (χ3n) is 2.10. The zero-order chi connectivity index (χ0) is 8.70. The molecule has 0 spiro atoms. The smallest absolute Gasteiger partial charge is 0.380 e. The highest BCUT2D eigenvalue weighted by molar-refractivity contribution is 5.02. The fraction of sp³-hybridized carbons (Fsp3) is 1.00. The molecule has 0 unspecified atom stereocenters. The van der Waals surface area contributed by atoms with Crippen LogP contribution in [-0.4, -0.2) is 30.0 Å². The second-order valence-electron chi connectivity index (χ2n) is 2.92. The summed E-state index contributed by atoms with van der Waals surface area (Å²) in [5, 5.41) is 11.6. The van der Waals surface area contributed by atoms with Gasteiger partial charge in [-0.2, -0.15) is 13.2 Å². The second kappa shape index (κ2) is 2.35. The van der Waals surface area contributed by atoms with Gasteiger partial charge in [0.25, 0.3) is 0 Å². The molecule has 66 valence electrons. The van der Waals surface area contributed by atoms with E-state index >= 15 is 0 Å². The van der Waals surface area contributed by atoms with Gasteiger partial charge in [0.15, 0.2) is 5.60 Å². The number of rotatable bonds is 1. The van der Waals surface area contributed by atoms with Crippen LogP contribution < -0.4 is 5.32 Å². The van der Waals surface area contributed by atoms with E-state index in [-0.39, 0.29) is 18.9 Å². The summed E-state index contributed by atoms with van der Waals surface area (Å²) in [5.74, 6) is 0. The van der Waals surface area contributed by atoms with Crippen LogP contribution in [0.3, 0.4) is 0 Å². The standard InChI is InChI=1S/C6H10F3NO/c1-10-4-2-5(11,3-4)6(7,8)9/h4,10-11H,2-3H2,1H3. The number of halogens is 3. The molecule has 1 fully saturated rings. The minimum absolute atomic E-state index is 0.193. The number of nitrogens with one attached hydrogen (secondary N) is 1. The van der Waals surface area contributed by atoms with Gasteiger partial charge < -0.3 is 10.4 Å². The SMILES string of the molecule is CNC1CC(O)(C(F)(F)F)C1. The molecule has 0 radical (unpaired) electrons. The van der Waals surface area contributed by atoms with Crippen LogP contribution in [0.15, 0.2) is 0 Å². The Balaban J connectivity index is 2.49. The van der Waals surface area contributed by atoms with Gasteiger partial charge in [-0.05, 0) is 7.05 Å². The minimum atomic E-state index is -4.47. The lowest BCUT2D eigenvalue weighted by Gasteiger charge is -2.44. The predicted octanol–water partition coefficient (Wildman–Crippen LogP) is 0.662. The molecule has 11 heavy (non-hydrogen) atoms. The first kappa shape index (κ1) is 8.80. The van der Waals surface area contributed by atoms with Gasteiger partial charge in [0.2, 0.25) is 0 Å². The first-order valence-electron chi connectivity index (χ1n) is 3.35. The van der Waals surface area contributed by atoms with Crippen molar-refractivity contribution in [3.05, 3.63) is 0 Å². The molecule has 0 aromatic heterocycles. The van der Waals surface area contributed by atoms with E-state index in [1.54, 1.807) is 7.05 Å². The van der Waals surface area contributed by atoms with Crippen molar-refractivity contribution in [2.75, 3.05) is 7.05 Å². The molecule has 0 heterocycles. The Kier molecular flexibility index (Phi) is 1.88. The lowest BCUT2D eigenvalue weighted by molar-refractivity contribution is -0.291. The molecule has 0 amide bonds. The summed E-state index contributed by atoms with van der Waals surface area (Å²) in [7, 11) is 1.58. The minimum Gasteiger partial charge on any atom is -0.380 e. The van der Waals surface area contributed by atoms with Gasteiger partial charge in [0.05, 0.1) is 0 Å². The van der Waals surface area contributed by atoms with E-state index in [1.807, 2.05) is 0 Å². The summed E-state index contributed by atoms with van der Waals surface area (Å²) in [6, 6.07) is -0.193. The maximum atomic E-state index is 11.9. The van der Waals surface area contributed by atoms with Crippen molar-refractivity contribution in [3.8, 4) is 0 Å². The molecule has 0 saturated heterocycles. The average molecular weight is 169 g/mol. The lowest BCUT2D eigenvalue weighted by Crippen LogP contribution is -2.60. The van der Waals surface area contributed by atoms with Gasteiger partial charge in [0, 0.05) is 18.9 Å². The number of alkyl halides is 3. The Bertz CT molecular complexity index is 150. The molecule has 0 bridgehead atoms. The van der Waals surface area contributed by atoms with Crippen LogP contribution in [0, 0.1) is 0 Å². The predicted molar refractivity (Wildman–Crippen MR) is 33.1 cm³/mol. The lowest BCUT2D eigenvalue weighted by atomic mass is 9.75. The van der Waals surface area contributed by atoms with E-state index in [0.717, 1.165) is 0 Å². The molecule has 0 aromatic rings. The molecule has 0 atom stereocenters. The van der Waals surface area contributed by atoms with E-state index in [9.17, 15) is 13.2 Å². The summed E-state index contributed by atoms with van der Waals surface area (Å²) < 4.78 is 35.8. The zero-order valence-electron chi connectivity index (χ0n) is 6.07. The van der Waals surface area contributed by atoms with Crippen molar-refractivity contribution in [1.82, 2.24) is 5.32 Å². The molecule has 1 saturated carbocycles. The summed E-state index contributed by atoms with van der Waals surface area (Å²) in [4.78, 5) is 0. The fourth-order valence-corrected chi connectivity index (χ4v) is 1.19. The quantitative estimate of drug-likeness (QED) is 0.604. The van der Waals surface area contributed by atoms with Gasteiger partial charge in [-0.25, -0.2) is 0 Å². The summed E-state index contributed by atoms with van der Waals surface area (Å²) >= 11 is 0. The fourth-order valence-electron chi connectivity index (χ4n) is 1.19. The van der Waals surface area contributed by atoms with E-state index in [4.69, 9.17) is 5.11 Å². The van der Waals surface area contributed by atoms with E-state index in [1.165, 1.54) is 0 Å². The van der Waals surface area contributed by atoms with Crippen molar-refractivity contribution in [2.45, 2.75) is 30.7 Å². The zero-order valence-corrected chi connectivity index (χ0v) is 6.07. The summed E-state index contributed by atoms with van der Waals surface area (Å²) in [6.07, 6.45) is -4.93. The van der Waals surface area contributed by atoms with Gasteiger partial charge in [-0.15, -0.1) is 0 Å². The van der Waals surface area contributed by atoms with Crippen molar-refractivity contribution < 1.29 is 18.3 Å². The maximum absolute atomic E-state index is 11.9. The molecule has 1 rings (SSSR count). The molecule has 0 aliphatic heterocycles. The highest BCUT2D eigenvalue weighted by Crippen LogP contribution is 2.44. The summed E-state index contributed by atoms with van der Waals surface area (Å²) in [5.41, 5.74) is -2.43. The van der Waals surface area contributed by atoms with Crippen LogP contribution in [0.2, 0.25) is 0 Å². The van der Waals surface area contributed by atoms with Crippen molar-refractivity contribution in [3.63, 3.8) is 0 Å².